The van der Waals surface area contributed by atoms with Crippen molar-refractivity contribution in [2.24, 2.45) is 5.84 Å². The molecule has 1 amide bonds. The van der Waals surface area contributed by atoms with E-state index in [0.29, 0.717) is 5.69 Å². The maximum absolute atomic E-state index is 11.4. The van der Waals surface area contributed by atoms with Gasteiger partial charge >= 0.3 is 0 Å². The molecule has 2 aromatic rings. The van der Waals surface area contributed by atoms with Gasteiger partial charge in [-0.3, -0.25) is 15.2 Å². The number of hydrogen-bond donors (Lipinski definition) is 2. The molecule has 0 bridgehead atoms. The van der Waals surface area contributed by atoms with E-state index in [2.05, 4.69) is 9.97 Å². The highest BCUT2D eigenvalue weighted by Crippen LogP contribution is 2.24. The number of benzene rings is 1. The fourth-order valence-corrected chi connectivity index (χ4v) is 1.73. The molecule has 19 heavy (non-hydrogen) atoms. The Morgan fingerprint density at radius 3 is 2.79 bits per heavy atom. The molecule has 6 heteroatoms. The Morgan fingerprint density at radius 1 is 1.37 bits per heavy atom. The Kier molecular flexibility index (Phi) is 3.72. The number of nitrogens with one attached hydrogen (secondary N) is 1. The van der Waals surface area contributed by atoms with Crippen LogP contribution >= 0.6 is 0 Å². The lowest BCUT2D eigenvalue weighted by atomic mass is 10.1. The molecule has 0 fully saturated rings. The Hall–Kier alpha value is -2.47. The number of carbonyl (C=O) groups is 1. The number of hydrogen-bond acceptors (Lipinski definition) is 5. The average Bonchev–Trinajstić information content (AvgIpc) is 2.46. The molecule has 1 aromatic heterocycles. The van der Waals surface area contributed by atoms with Gasteiger partial charge < -0.3 is 4.74 Å². The maximum Gasteiger partial charge on any atom is 0.285 e. The summed E-state index contributed by atoms with van der Waals surface area (Å²) >= 11 is 0. The number of rotatable bonds is 3. The minimum Gasteiger partial charge on any atom is -0.497 e. The van der Waals surface area contributed by atoms with Crippen molar-refractivity contribution >= 4 is 5.91 Å². The van der Waals surface area contributed by atoms with Crippen molar-refractivity contribution in [3.63, 3.8) is 0 Å². The molecule has 0 saturated carbocycles. The first kappa shape index (κ1) is 13.0. The summed E-state index contributed by atoms with van der Waals surface area (Å²) in [6.07, 6.45) is 2.96. The predicted molar refractivity (Wildman–Crippen MR) is 70.4 cm³/mol. The molecular weight excluding hydrogens is 244 g/mol. The molecule has 3 N–H and O–H groups in total. The van der Waals surface area contributed by atoms with Gasteiger partial charge in [-0.05, 0) is 30.7 Å². The van der Waals surface area contributed by atoms with E-state index in [4.69, 9.17) is 10.6 Å². The van der Waals surface area contributed by atoms with Crippen molar-refractivity contribution in [1.82, 2.24) is 15.4 Å². The van der Waals surface area contributed by atoms with E-state index in [1.54, 1.807) is 13.3 Å². The first-order chi connectivity index (χ1) is 9.15. The number of nitrogens with zero attached hydrogens (tertiary/aromatic N) is 2. The van der Waals surface area contributed by atoms with Crippen LogP contribution in [0.2, 0.25) is 0 Å². The molecule has 0 aliphatic rings. The summed E-state index contributed by atoms with van der Waals surface area (Å²) in [6, 6.07) is 5.61. The SMILES string of the molecule is COc1ccc(-c2cncc(C(=O)NN)n2)c(C)c1. The minimum atomic E-state index is -0.472. The van der Waals surface area contributed by atoms with Gasteiger partial charge in [0.1, 0.15) is 11.4 Å². The summed E-state index contributed by atoms with van der Waals surface area (Å²) in [5.74, 6) is 5.37. The van der Waals surface area contributed by atoms with E-state index in [9.17, 15) is 4.79 Å². The van der Waals surface area contributed by atoms with Gasteiger partial charge in [-0.15, -0.1) is 0 Å². The molecule has 1 aromatic carbocycles. The van der Waals surface area contributed by atoms with Gasteiger partial charge in [-0.1, -0.05) is 0 Å². The average molecular weight is 258 g/mol. The molecular formula is C13H14N4O2. The molecule has 0 unspecified atom stereocenters. The molecule has 0 spiro atoms. The first-order valence-corrected chi connectivity index (χ1v) is 5.63. The lowest BCUT2D eigenvalue weighted by molar-refractivity contribution is 0.0948. The zero-order valence-electron chi connectivity index (χ0n) is 10.7. The van der Waals surface area contributed by atoms with Crippen molar-refractivity contribution in [2.75, 3.05) is 7.11 Å². The highest BCUT2D eigenvalue weighted by atomic mass is 16.5. The van der Waals surface area contributed by atoms with Gasteiger partial charge in [-0.25, -0.2) is 10.8 Å². The Morgan fingerprint density at radius 2 is 2.16 bits per heavy atom. The maximum atomic E-state index is 11.4. The van der Waals surface area contributed by atoms with Crippen LogP contribution in [0.3, 0.4) is 0 Å². The largest absolute Gasteiger partial charge is 0.497 e. The fourth-order valence-electron chi connectivity index (χ4n) is 1.73. The second-order valence-electron chi connectivity index (χ2n) is 3.94. The second-order valence-corrected chi connectivity index (χ2v) is 3.94. The quantitative estimate of drug-likeness (QED) is 0.488. The van der Waals surface area contributed by atoms with Gasteiger partial charge in [0.05, 0.1) is 25.2 Å². The lowest BCUT2D eigenvalue weighted by Crippen LogP contribution is -2.30. The van der Waals surface area contributed by atoms with Crippen LogP contribution < -0.4 is 16.0 Å². The van der Waals surface area contributed by atoms with Crippen LogP contribution in [0.1, 0.15) is 16.1 Å². The molecule has 0 aliphatic carbocycles. The molecule has 0 atom stereocenters. The monoisotopic (exact) mass is 258 g/mol. The lowest BCUT2D eigenvalue weighted by Gasteiger charge is -2.08. The van der Waals surface area contributed by atoms with Gasteiger partial charge in [0, 0.05) is 5.56 Å². The molecule has 0 saturated heterocycles. The topological polar surface area (TPSA) is 90.1 Å². The summed E-state index contributed by atoms with van der Waals surface area (Å²) in [4.78, 5) is 19.7. The number of ether oxygens (including phenoxy) is 1. The van der Waals surface area contributed by atoms with Crippen LogP contribution in [0, 0.1) is 6.92 Å². The zero-order valence-corrected chi connectivity index (χ0v) is 10.7. The van der Waals surface area contributed by atoms with E-state index in [-0.39, 0.29) is 5.69 Å². The minimum absolute atomic E-state index is 0.176. The van der Waals surface area contributed by atoms with Crippen LogP contribution in [-0.4, -0.2) is 23.0 Å². The summed E-state index contributed by atoms with van der Waals surface area (Å²) < 4.78 is 5.15. The number of aryl methyl sites for hydroxylation is 1. The summed E-state index contributed by atoms with van der Waals surface area (Å²) in [5.41, 5.74) is 4.69. The van der Waals surface area contributed by atoms with Crippen molar-refractivity contribution in [3.8, 4) is 17.0 Å². The van der Waals surface area contributed by atoms with Crippen molar-refractivity contribution in [3.05, 3.63) is 41.9 Å². The summed E-state index contributed by atoms with van der Waals surface area (Å²) in [5, 5.41) is 0. The number of hydrazine groups is 1. The normalized spacial score (nSPS) is 10.1. The molecule has 2 rings (SSSR count). The number of amides is 1. The molecule has 0 aliphatic heterocycles. The number of nitrogens with two attached hydrogens (primary N) is 1. The number of aromatic nitrogens is 2. The number of methoxy groups -OCH3 is 1. The molecule has 98 valence electrons. The van der Waals surface area contributed by atoms with Crippen molar-refractivity contribution < 1.29 is 9.53 Å². The summed E-state index contributed by atoms with van der Waals surface area (Å²) in [7, 11) is 1.61. The second kappa shape index (κ2) is 5.45. The van der Waals surface area contributed by atoms with Crippen LogP contribution in [0.4, 0.5) is 0 Å². The van der Waals surface area contributed by atoms with E-state index in [1.165, 1.54) is 6.20 Å². The van der Waals surface area contributed by atoms with E-state index in [1.807, 2.05) is 30.5 Å². The summed E-state index contributed by atoms with van der Waals surface area (Å²) in [6.45, 7) is 1.94. The predicted octanol–water partition coefficient (Wildman–Crippen LogP) is 1.06. The standard InChI is InChI=1S/C13H14N4O2/c1-8-5-9(19-2)3-4-10(8)11-6-15-7-12(16-11)13(18)17-14/h3-7H,14H2,1-2H3,(H,17,18). The third kappa shape index (κ3) is 2.69. The molecule has 1 heterocycles. The number of nitrogen functional groups attached to an aromatic ring is 1. The molecule has 6 nitrogen and oxygen atoms in total. The number of carbonyl (C=O) groups excluding carboxylic acids is 1. The Labute approximate surface area is 110 Å². The smallest absolute Gasteiger partial charge is 0.285 e. The van der Waals surface area contributed by atoms with Crippen LogP contribution in [-0.2, 0) is 0 Å². The van der Waals surface area contributed by atoms with Crippen LogP contribution in [0.15, 0.2) is 30.6 Å². The third-order valence-corrected chi connectivity index (χ3v) is 2.71. The molecule has 0 radical (unpaired) electrons. The Bertz CT molecular complexity index is 613. The van der Waals surface area contributed by atoms with E-state index in [0.717, 1.165) is 16.9 Å². The van der Waals surface area contributed by atoms with Crippen molar-refractivity contribution in [2.45, 2.75) is 6.92 Å². The third-order valence-electron chi connectivity index (χ3n) is 2.71. The highest BCUT2D eigenvalue weighted by Gasteiger charge is 2.10. The van der Waals surface area contributed by atoms with Gasteiger partial charge in [0.15, 0.2) is 0 Å². The van der Waals surface area contributed by atoms with Gasteiger partial charge in [0.2, 0.25) is 0 Å². The Balaban J connectivity index is 2.44. The van der Waals surface area contributed by atoms with E-state index < -0.39 is 5.91 Å². The van der Waals surface area contributed by atoms with Crippen LogP contribution in [0.5, 0.6) is 5.75 Å². The van der Waals surface area contributed by atoms with Gasteiger partial charge in [-0.2, -0.15) is 0 Å². The van der Waals surface area contributed by atoms with E-state index >= 15 is 0 Å². The van der Waals surface area contributed by atoms with Crippen molar-refractivity contribution in [1.29, 1.82) is 0 Å². The highest BCUT2D eigenvalue weighted by molar-refractivity contribution is 5.92. The fraction of sp³-hybridized carbons (Fsp3) is 0.154. The first-order valence-electron chi connectivity index (χ1n) is 5.63. The van der Waals surface area contributed by atoms with Gasteiger partial charge in [0.25, 0.3) is 5.91 Å². The van der Waals surface area contributed by atoms with Crippen LogP contribution in [0.25, 0.3) is 11.3 Å². The zero-order chi connectivity index (χ0) is 13.8.